The zero-order valence-corrected chi connectivity index (χ0v) is 17.2. The van der Waals surface area contributed by atoms with Gasteiger partial charge in [0.05, 0.1) is 5.75 Å². The molecule has 1 heterocycles. The molecule has 7 heteroatoms. The number of thioether (sulfide) groups is 1. The summed E-state index contributed by atoms with van der Waals surface area (Å²) < 4.78 is 0.809. The maximum absolute atomic E-state index is 12.2. The van der Waals surface area contributed by atoms with Crippen molar-refractivity contribution in [2.75, 3.05) is 11.1 Å². The number of hydrogen-bond donors (Lipinski definition) is 2. The molecule has 0 saturated heterocycles. The maximum atomic E-state index is 12.2. The van der Waals surface area contributed by atoms with Gasteiger partial charge in [-0.15, -0.1) is 10.2 Å². The van der Waals surface area contributed by atoms with E-state index in [1.54, 1.807) is 0 Å². The second-order valence-electron chi connectivity index (χ2n) is 7.04. The minimum Gasteiger partial charge on any atom is -0.352 e. The predicted molar refractivity (Wildman–Crippen MR) is 109 cm³/mol. The van der Waals surface area contributed by atoms with Crippen LogP contribution in [0.3, 0.4) is 0 Å². The fourth-order valence-electron chi connectivity index (χ4n) is 3.29. The van der Waals surface area contributed by atoms with Crippen LogP contribution in [0.5, 0.6) is 0 Å². The van der Waals surface area contributed by atoms with E-state index < -0.39 is 0 Å². The summed E-state index contributed by atoms with van der Waals surface area (Å²) in [5.41, 5.74) is 3.45. The summed E-state index contributed by atoms with van der Waals surface area (Å²) in [5.74, 6) is 1.06. The van der Waals surface area contributed by atoms with E-state index in [0.29, 0.717) is 17.7 Å². The summed E-state index contributed by atoms with van der Waals surface area (Å²) in [6, 6.07) is 6.59. The fraction of sp³-hybridized carbons (Fsp3) is 0.526. The third kappa shape index (κ3) is 5.20. The molecule has 0 aliphatic heterocycles. The monoisotopic (exact) mass is 390 g/mol. The fourth-order valence-corrected chi connectivity index (χ4v) is 4.87. The van der Waals surface area contributed by atoms with E-state index in [-0.39, 0.29) is 5.91 Å². The number of anilines is 2. The van der Waals surface area contributed by atoms with Gasteiger partial charge in [0.1, 0.15) is 0 Å². The molecule has 3 rings (SSSR count). The quantitative estimate of drug-likeness (QED) is 0.701. The van der Waals surface area contributed by atoms with Gasteiger partial charge in [-0.25, -0.2) is 0 Å². The average Bonchev–Trinajstić information content (AvgIpc) is 3.05. The number of aromatic nitrogens is 2. The largest absolute Gasteiger partial charge is 0.352 e. The maximum Gasteiger partial charge on any atom is 0.230 e. The van der Waals surface area contributed by atoms with Crippen LogP contribution in [0.15, 0.2) is 22.5 Å². The lowest BCUT2D eigenvalue weighted by Crippen LogP contribution is -2.41. The molecule has 2 N–H and O–H groups in total. The number of rotatable bonds is 6. The molecule has 0 radical (unpaired) electrons. The molecule has 1 amide bonds. The van der Waals surface area contributed by atoms with Crippen molar-refractivity contribution in [3.8, 4) is 0 Å². The number of aryl methyl sites for hydroxylation is 2. The van der Waals surface area contributed by atoms with Crippen molar-refractivity contribution in [1.29, 1.82) is 0 Å². The molecule has 1 aliphatic carbocycles. The van der Waals surface area contributed by atoms with Gasteiger partial charge in [0.15, 0.2) is 4.34 Å². The first-order valence-corrected chi connectivity index (χ1v) is 10.9. The van der Waals surface area contributed by atoms with E-state index in [2.05, 4.69) is 59.8 Å². The number of benzene rings is 1. The van der Waals surface area contributed by atoms with Crippen LogP contribution in [0, 0.1) is 19.8 Å². The zero-order valence-electron chi connectivity index (χ0n) is 15.5. The van der Waals surface area contributed by atoms with Crippen LogP contribution in [0.2, 0.25) is 0 Å². The number of amides is 1. The summed E-state index contributed by atoms with van der Waals surface area (Å²) in [5, 5.41) is 15.6. The van der Waals surface area contributed by atoms with Crippen molar-refractivity contribution in [3.63, 3.8) is 0 Å². The van der Waals surface area contributed by atoms with Gasteiger partial charge in [0.2, 0.25) is 11.0 Å². The van der Waals surface area contributed by atoms with E-state index in [0.717, 1.165) is 21.6 Å². The van der Waals surface area contributed by atoms with Crippen molar-refractivity contribution >= 4 is 39.8 Å². The highest BCUT2D eigenvalue weighted by Crippen LogP contribution is 2.29. The molecule has 1 aromatic heterocycles. The van der Waals surface area contributed by atoms with Crippen molar-refractivity contribution in [2.24, 2.45) is 5.92 Å². The Labute approximate surface area is 163 Å². The number of hydrogen-bond acceptors (Lipinski definition) is 6. The van der Waals surface area contributed by atoms with Gasteiger partial charge in [-0.2, -0.15) is 0 Å². The molecule has 140 valence electrons. The topological polar surface area (TPSA) is 66.9 Å². The molecule has 0 spiro atoms. The summed E-state index contributed by atoms with van der Waals surface area (Å²) in [6.45, 7) is 6.38. The van der Waals surface area contributed by atoms with Crippen LogP contribution in [0.4, 0.5) is 10.8 Å². The van der Waals surface area contributed by atoms with Crippen LogP contribution >= 0.6 is 23.1 Å². The van der Waals surface area contributed by atoms with Crippen LogP contribution in [-0.2, 0) is 4.79 Å². The summed E-state index contributed by atoms with van der Waals surface area (Å²) in [4.78, 5) is 12.2. The Kier molecular flexibility index (Phi) is 6.53. The molecule has 26 heavy (non-hydrogen) atoms. The van der Waals surface area contributed by atoms with E-state index in [9.17, 15) is 4.79 Å². The van der Waals surface area contributed by atoms with Gasteiger partial charge in [-0.05, 0) is 44.2 Å². The Morgan fingerprint density at radius 2 is 2.08 bits per heavy atom. The van der Waals surface area contributed by atoms with Crippen molar-refractivity contribution in [3.05, 3.63) is 29.3 Å². The van der Waals surface area contributed by atoms with Crippen LogP contribution in [0.1, 0.15) is 43.7 Å². The third-order valence-corrected chi connectivity index (χ3v) is 6.79. The molecular formula is C19H26N4OS2. The summed E-state index contributed by atoms with van der Waals surface area (Å²) in [6.07, 6.45) is 4.80. The number of carbonyl (C=O) groups is 1. The first kappa shape index (κ1) is 19.2. The van der Waals surface area contributed by atoms with Gasteiger partial charge in [0.25, 0.3) is 0 Å². The molecule has 0 bridgehead atoms. The second kappa shape index (κ2) is 8.86. The van der Waals surface area contributed by atoms with Crippen LogP contribution in [-0.4, -0.2) is 27.9 Å². The van der Waals surface area contributed by atoms with E-state index >= 15 is 0 Å². The number of nitrogens with zero attached hydrogens (tertiary/aromatic N) is 2. The predicted octanol–water partition coefficient (Wildman–Crippen LogP) is 4.69. The first-order chi connectivity index (χ1) is 12.5. The van der Waals surface area contributed by atoms with Crippen molar-refractivity contribution in [1.82, 2.24) is 15.5 Å². The SMILES string of the molecule is Cc1ccc(Nc2nnc(SCC(=O)NC3CCCCC3C)s2)c(C)c1. The number of nitrogens with one attached hydrogen (secondary N) is 2. The van der Waals surface area contributed by atoms with Crippen LogP contribution in [0.25, 0.3) is 0 Å². The average molecular weight is 391 g/mol. The van der Waals surface area contributed by atoms with Gasteiger partial charge in [-0.1, -0.05) is 60.6 Å². The summed E-state index contributed by atoms with van der Waals surface area (Å²) >= 11 is 2.93. The van der Waals surface area contributed by atoms with Gasteiger partial charge >= 0.3 is 0 Å². The Hall–Kier alpha value is -1.60. The van der Waals surface area contributed by atoms with Gasteiger partial charge < -0.3 is 10.6 Å². The standard InChI is InChI=1S/C19H26N4OS2/c1-12-8-9-16(14(3)10-12)21-18-22-23-19(26-18)25-11-17(24)20-15-7-5-4-6-13(15)2/h8-10,13,15H,4-7,11H2,1-3H3,(H,20,24)(H,21,22). The molecule has 1 aromatic carbocycles. The Morgan fingerprint density at radius 1 is 1.27 bits per heavy atom. The molecule has 2 atom stereocenters. The molecular weight excluding hydrogens is 364 g/mol. The summed E-state index contributed by atoms with van der Waals surface area (Å²) in [7, 11) is 0. The third-order valence-electron chi connectivity index (χ3n) is 4.81. The van der Waals surface area contributed by atoms with Gasteiger partial charge in [-0.3, -0.25) is 4.79 Å². The lowest BCUT2D eigenvalue weighted by Gasteiger charge is -2.29. The highest BCUT2D eigenvalue weighted by Gasteiger charge is 2.22. The molecule has 1 fully saturated rings. The lowest BCUT2D eigenvalue weighted by atomic mass is 9.86. The second-order valence-corrected chi connectivity index (χ2v) is 9.24. The molecule has 1 aliphatic rings. The van der Waals surface area contributed by atoms with E-state index in [1.807, 2.05) is 0 Å². The smallest absolute Gasteiger partial charge is 0.230 e. The first-order valence-electron chi connectivity index (χ1n) is 9.11. The minimum absolute atomic E-state index is 0.0906. The normalized spacial score (nSPS) is 20.0. The van der Waals surface area contributed by atoms with Crippen LogP contribution < -0.4 is 10.6 Å². The molecule has 5 nitrogen and oxygen atoms in total. The minimum atomic E-state index is 0.0906. The lowest BCUT2D eigenvalue weighted by molar-refractivity contribution is -0.119. The molecule has 2 unspecified atom stereocenters. The van der Waals surface area contributed by atoms with Crippen molar-refractivity contribution in [2.45, 2.75) is 56.8 Å². The Morgan fingerprint density at radius 3 is 2.85 bits per heavy atom. The highest BCUT2D eigenvalue weighted by atomic mass is 32.2. The van der Waals surface area contributed by atoms with E-state index in [1.165, 1.54) is 53.5 Å². The van der Waals surface area contributed by atoms with Crippen molar-refractivity contribution < 1.29 is 4.79 Å². The Balaban J connectivity index is 1.49. The highest BCUT2D eigenvalue weighted by molar-refractivity contribution is 8.01. The Bertz CT molecular complexity index is 762. The van der Waals surface area contributed by atoms with E-state index in [4.69, 9.17) is 0 Å². The van der Waals surface area contributed by atoms with Gasteiger partial charge in [0, 0.05) is 11.7 Å². The molecule has 2 aromatic rings. The number of carbonyl (C=O) groups excluding carboxylic acids is 1. The molecule has 1 saturated carbocycles. The zero-order chi connectivity index (χ0) is 18.5.